The Hall–Kier alpha value is 0.300. The van der Waals surface area contributed by atoms with Crippen molar-refractivity contribution in [3.05, 3.63) is 32.8 Å². The highest BCUT2D eigenvalue weighted by atomic mass is 35.5. The van der Waals surface area contributed by atoms with Crippen LogP contribution in [0.5, 0.6) is 0 Å². The first-order chi connectivity index (χ1) is 8.50. The second-order valence-corrected chi connectivity index (χ2v) is 6.07. The molecular weight excluding hydrogens is 328 g/mol. The van der Waals surface area contributed by atoms with Crippen LogP contribution in [0.2, 0.25) is 15.1 Å². The maximum absolute atomic E-state index is 10.3. The lowest BCUT2D eigenvalue weighted by molar-refractivity contribution is 0.0845. The van der Waals surface area contributed by atoms with E-state index in [1.165, 1.54) is 0 Å². The molecule has 2 nitrogen and oxygen atoms in total. The van der Waals surface area contributed by atoms with Gasteiger partial charge >= 0.3 is 0 Å². The molecule has 19 heavy (non-hydrogen) atoms. The van der Waals surface area contributed by atoms with E-state index in [9.17, 15) is 5.11 Å². The van der Waals surface area contributed by atoms with Gasteiger partial charge in [-0.15, -0.1) is 12.4 Å². The molecule has 0 spiro atoms. The van der Waals surface area contributed by atoms with E-state index in [1.807, 2.05) is 0 Å². The topological polar surface area (TPSA) is 46.2 Å². The molecule has 6 heteroatoms. The van der Waals surface area contributed by atoms with Gasteiger partial charge in [0.2, 0.25) is 0 Å². The number of hydrogen-bond acceptors (Lipinski definition) is 2. The molecule has 3 N–H and O–H groups in total. The molecule has 1 saturated carbocycles. The smallest absolute Gasteiger partial charge is 0.0761 e. The predicted octanol–water partition coefficient (Wildman–Crippen LogP) is 4.62. The molecule has 0 aliphatic heterocycles. The molecule has 0 heterocycles. The summed E-state index contributed by atoms with van der Waals surface area (Å²) in [6.45, 7) is 0. The fraction of sp³-hybridized carbons (Fsp3) is 0.538. The van der Waals surface area contributed by atoms with Crippen LogP contribution < -0.4 is 5.73 Å². The van der Waals surface area contributed by atoms with E-state index in [-0.39, 0.29) is 18.3 Å². The molecule has 0 saturated heterocycles. The van der Waals surface area contributed by atoms with Gasteiger partial charge in [-0.2, -0.15) is 0 Å². The Bertz CT molecular complexity index is 435. The summed E-state index contributed by atoms with van der Waals surface area (Å²) < 4.78 is 0. The summed E-state index contributed by atoms with van der Waals surface area (Å²) in [5.41, 5.74) is 6.72. The van der Waals surface area contributed by atoms with Crippen molar-refractivity contribution in [2.45, 2.75) is 37.8 Å². The Morgan fingerprint density at radius 2 is 1.74 bits per heavy atom. The first-order valence-corrected chi connectivity index (χ1v) is 7.22. The van der Waals surface area contributed by atoms with Gasteiger partial charge in [0.1, 0.15) is 0 Å². The Morgan fingerprint density at radius 1 is 1.16 bits per heavy atom. The second-order valence-electron chi connectivity index (χ2n) is 4.85. The summed E-state index contributed by atoms with van der Waals surface area (Å²) in [6, 6.07) is 2.71. The van der Waals surface area contributed by atoms with Crippen LogP contribution in [0.3, 0.4) is 0 Å². The summed E-state index contributed by atoms with van der Waals surface area (Å²) >= 11 is 18.1. The highest BCUT2D eigenvalue weighted by Gasteiger charge is 2.30. The minimum atomic E-state index is -0.598. The number of benzene rings is 1. The number of halogens is 4. The summed E-state index contributed by atoms with van der Waals surface area (Å²) in [5, 5.41) is 11.5. The number of hydrogen-bond donors (Lipinski definition) is 2. The molecule has 2 atom stereocenters. The number of aliphatic hydroxyl groups is 1. The maximum atomic E-state index is 10.3. The molecule has 108 valence electrons. The minimum Gasteiger partial charge on any atom is -0.391 e. The van der Waals surface area contributed by atoms with Gasteiger partial charge in [0.15, 0.2) is 0 Å². The predicted molar refractivity (Wildman–Crippen MR) is 83.6 cm³/mol. The van der Waals surface area contributed by atoms with Gasteiger partial charge < -0.3 is 10.8 Å². The molecule has 0 radical (unpaired) electrons. The van der Waals surface area contributed by atoms with E-state index in [2.05, 4.69) is 0 Å². The largest absolute Gasteiger partial charge is 0.391 e. The first kappa shape index (κ1) is 17.4. The van der Waals surface area contributed by atoms with Gasteiger partial charge in [-0.05, 0) is 36.5 Å². The second kappa shape index (κ2) is 7.35. The lowest BCUT2D eigenvalue weighted by Gasteiger charge is -2.25. The lowest BCUT2D eigenvalue weighted by atomic mass is 9.91. The fourth-order valence-corrected chi connectivity index (χ4v) is 3.34. The molecule has 0 amide bonds. The van der Waals surface area contributed by atoms with Gasteiger partial charge in [-0.1, -0.05) is 47.6 Å². The Labute approximate surface area is 134 Å². The van der Waals surface area contributed by atoms with Crippen LogP contribution >= 0.6 is 47.2 Å². The van der Waals surface area contributed by atoms with Crippen LogP contribution in [-0.4, -0.2) is 11.2 Å². The Balaban J connectivity index is 0.00000180. The Kier molecular flexibility index (Phi) is 6.71. The van der Waals surface area contributed by atoms with E-state index in [1.54, 1.807) is 12.1 Å². The average molecular weight is 345 g/mol. The van der Waals surface area contributed by atoms with Crippen molar-refractivity contribution in [3.8, 4) is 0 Å². The molecule has 0 bridgehead atoms. The van der Waals surface area contributed by atoms with Crippen molar-refractivity contribution in [2.24, 2.45) is 11.7 Å². The van der Waals surface area contributed by atoms with Gasteiger partial charge in [0, 0.05) is 5.02 Å². The molecular formula is C13H17Cl4NO. The fourth-order valence-electron chi connectivity index (χ4n) is 2.59. The average Bonchev–Trinajstić information content (AvgIpc) is 2.85. The van der Waals surface area contributed by atoms with Crippen molar-refractivity contribution < 1.29 is 5.11 Å². The van der Waals surface area contributed by atoms with Crippen LogP contribution in [0.4, 0.5) is 0 Å². The molecule has 0 unspecified atom stereocenters. The SMILES string of the molecule is Cl.N[C@@H](c1cc(Cl)cc(Cl)c1Cl)[C@H](O)C1CCCC1. The van der Waals surface area contributed by atoms with Crippen molar-refractivity contribution in [3.63, 3.8) is 0 Å². The third-order valence-corrected chi connectivity index (χ3v) is 4.67. The van der Waals surface area contributed by atoms with E-state index in [0.717, 1.165) is 25.7 Å². The summed E-state index contributed by atoms with van der Waals surface area (Å²) in [6.07, 6.45) is 3.73. The van der Waals surface area contributed by atoms with E-state index in [0.29, 0.717) is 20.6 Å². The monoisotopic (exact) mass is 343 g/mol. The van der Waals surface area contributed by atoms with Crippen LogP contribution in [0.1, 0.15) is 37.3 Å². The highest BCUT2D eigenvalue weighted by Crippen LogP contribution is 2.37. The number of nitrogens with two attached hydrogens (primary N) is 1. The van der Waals surface area contributed by atoms with Crippen molar-refractivity contribution in [1.82, 2.24) is 0 Å². The van der Waals surface area contributed by atoms with Crippen molar-refractivity contribution in [2.75, 3.05) is 0 Å². The van der Waals surface area contributed by atoms with Crippen LogP contribution in [0, 0.1) is 5.92 Å². The summed E-state index contributed by atoms with van der Waals surface area (Å²) in [7, 11) is 0. The van der Waals surface area contributed by atoms with Crippen molar-refractivity contribution in [1.29, 1.82) is 0 Å². The van der Waals surface area contributed by atoms with Gasteiger partial charge in [-0.3, -0.25) is 0 Å². The quantitative estimate of drug-likeness (QED) is 0.786. The van der Waals surface area contributed by atoms with E-state index in [4.69, 9.17) is 40.5 Å². The minimum absolute atomic E-state index is 0. The zero-order valence-electron chi connectivity index (χ0n) is 10.3. The zero-order valence-corrected chi connectivity index (χ0v) is 13.4. The van der Waals surface area contributed by atoms with Crippen LogP contribution in [-0.2, 0) is 0 Å². The third-order valence-electron chi connectivity index (χ3n) is 3.63. The maximum Gasteiger partial charge on any atom is 0.0761 e. The lowest BCUT2D eigenvalue weighted by Crippen LogP contribution is -2.32. The number of rotatable bonds is 3. The van der Waals surface area contributed by atoms with Crippen LogP contribution in [0.25, 0.3) is 0 Å². The number of aliphatic hydroxyl groups excluding tert-OH is 1. The van der Waals surface area contributed by atoms with E-state index < -0.39 is 12.1 Å². The molecule has 1 fully saturated rings. The standard InChI is InChI=1S/C13H16Cl3NO.ClH/c14-8-5-9(11(16)10(15)6-8)12(17)13(18)7-3-1-2-4-7;/h5-7,12-13,18H,1-4,17H2;1H/t12-,13+;/m0./s1. The van der Waals surface area contributed by atoms with Gasteiger partial charge in [0.25, 0.3) is 0 Å². The van der Waals surface area contributed by atoms with E-state index >= 15 is 0 Å². The molecule has 0 aromatic heterocycles. The van der Waals surface area contributed by atoms with Crippen molar-refractivity contribution >= 4 is 47.2 Å². The summed E-state index contributed by atoms with van der Waals surface area (Å²) in [4.78, 5) is 0. The zero-order chi connectivity index (χ0) is 13.3. The normalized spacial score (nSPS) is 19.0. The molecule has 2 rings (SSSR count). The van der Waals surface area contributed by atoms with Gasteiger partial charge in [-0.25, -0.2) is 0 Å². The van der Waals surface area contributed by atoms with Gasteiger partial charge in [0.05, 0.1) is 22.2 Å². The molecule has 1 aromatic carbocycles. The molecule has 1 aromatic rings. The third kappa shape index (κ3) is 3.90. The Morgan fingerprint density at radius 3 is 2.32 bits per heavy atom. The van der Waals surface area contributed by atoms with Crippen LogP contribution in [0.15, 0.2) is 12.1 Å². The molecule has 1 aliphatic rings. The molecule has 1 aliphatic carbocycles. The summed E-state index contributed by atoms with van der Waals surface area (Å²) in [5.74, 6) is 0.244. The highest BCUT2D eigenvalue weighted by molar-refractivity contribution is 6.43. The first-order valence-electron chi connectivity index (χ1n) is 6.09.